The van der Waals surface area contributed by atoms with E-state index in [4.69, 9.17) is 11.6 Å². The van der Waals surface area contributed by atoms with Crippen molar-refractivity contribution in [1.82, 2.24) is 4.90 Å². The Kier molecular flexibility index (Phi) is 4.84. The van der Waals surface area contributed by atoms with E-state index in [-0.39, 0.29) is 0 Å². The van der Waals surface area contributed by atoms with E-state index in [1.807, 2.05) is 12.1 Å². The molecule has 0 radical (unpaired) electrons. The molecule has 1 atom stereocenters. The summed E-state index contributed by atoms with van der Waals surface area (Å²) in [6.45, 7) is 2.45. The molecule has 1 aromatic rings. The summed E-state index contributed by atoms with van der Waals surface area (Å²) in [4.78, 5) is 2.41. The Hall–Kier alpha value is -0.570. The SMILES string of the molecule is OC[C@H]1CCCCN1CCc1ccc(Cl)cc1. The number of aliphatic hydroxyl groups excluding tert-OH is 1. The van der Waals surface area contributed by atoms with Crippen molar-refractivity contribution < 1.29 is 5.11 Å². The van der Waals surface area contributed by atoms with Crippen LogP contribution in [0.3, 0.4) is 0 Å². The van der Waals surface area contributed by atoms with Gasteiger partial charge in [-0.05, 0) is 43.5 Å². The lowest BCUT2D eigenvalue weighted by molar-refractivity contribution is 0.0913. The van der Waals surface area contributed by atoms with E-state index in [1.54, 1.807) is 0 Å². The third kappa shape index (κ3) is 3.70. The summed E-state index contributed by atoms with van der Waals surface area (Å²) in [6, 6.07) is 8.42. The van der Waals surface area contributed by atoms with Crippen molar-refractivity contribution in [2.75, 3.05) is 19.7 Å². The summed E-state index contributed by atoms with van der Waals surface area (Å²) in [5, 5.41) is 10.1. The first-order valence-corrected chi connectivity index (χ1v) is 6.77. The van der Waals surface area contributed by atoms with Crippen LogP contribution in [0.4, 0.5) is 0 Å². The average Bonchev–Trinajstić information content (AvgIpc) is 2.38. The van der Waals surface area contributed by atoms with Crippen LogP contribution < -0.4 is 0 Å². The third-order valence-corrected chi connectivity index (χ3v) is 3.81. The van der Waals surface area contributed by atoms with Crippen LogP contribution in [-0.4, -0.2) is 35.7 Å². The van der Waals surface area contributed by atoms with E-state index < -0.39 is 0 Å². The lowest BCUT2D eigenvalue weighted by Crippen LogP contribution is -2.42. The van der Waals surface area contributed by atoms with E-state index in [0.29, 0.717) is 12.6 Å². The highest BCUT2D eigenvalue weighted by atomic mass is 35.5. The van der Waals surface area contributed by atoms with Gasteiger partial charge in [0.2, 0.25) is 0 Å². The molecule has 0 unspecified atom stereocenters. The van der Waals surface area contributed by atoms with Crippen molar-refractivity contribution >= 4 is 11.6 Å². The van der Waals surface area contributed by atoms with Gasteiger partial charge in [-0.25, -0.2) is 0 Å². The van der Waals surface area contributed by atoms with Crippen LogP contribution in [0, 0.1) is 0 Å². The molecule has 2 nitrogen and oxygen atoms in total. The number of piperidine rings is 1. The number of hydrogen-bond donors (Lipinski definition) is 1. The first-order chi connectivity index (χ1) is 8.29. The molecule has 1 aliphatic rings. The quantitative estimate of drug-likeness (QED) is 0.892. The zero-order chi connectivity index (χ0) is 12.1. The molecule has 0 amide bonds. The molecule has 1 aromatic carbocycles. The van der Waals surface area contributed by atoms with Crippen LogP contribution in [0.2, 0.25) is 5.02 Å². The smallest absolute Gasteiger partial charge is 0.0586 e. The Morgan fingerprint density at radius 3 is 2.71 bits per heavy atom. The molecule has 0 bridgehead atoms. The van der Waals surface area contributed by atoms with E-state index in [2.05, 4.69) is 17.0 Å². The summed E-state index contributed by atoms with van der Waals surface area (Å²) < 4.78 is 0. The standard InChI is InChI=1S/C14H20ClNO/c15-13-6-4-12(5-7-13)8-10-16-9-2-1-3-14(16)11-17/h4-7,14,17H,1-3,8-11H2/t14-/m1/s1. The number of benzene rings is 1. The Morgan fingerprint density at radius 2 is 2.00 bits per heavy atom. The molecule has 1 fully saturated rings. The summed E-state index contributed by atoms with van der Waals surface area (Å²) in [7, 11) is 0. The van der Waals surface area contributed by atoms with Gasteiger partial charge in [-0.2, -0.15) is 0 Å². The zero-order valence-corrected chi connectivity index (χ0v) is 10.9. The molecule has 0 spiro atoms. The maximum Gasteiger partial charge on any atom is 0.0586 e. The Morgan fingerprint density at radius 1 is 1.24 bits per heavy atom. The molecule has 1 heterocycles. The van der Waals surface area contributed by atoms with E-state index in [0.717, 1.165) is 31.0 Å². The van der Waals surface area contributed by atoms with Gasteiger partial charge in [-0.3, -0.25) is 4.90 Å². The van der Waals surface area contributed by atoms with Crippen molar-refractivity contribution in [1.29, 1.82) is 0 Å². The van der Waals surface area contributed by atoms with Crippen molar-refractivity contribution in [3.63, 3.8) is 0 Å². The molecule has 0 aromatic heterocycles. The number of halogens is 1. The summed E-state index contributed by atoms with van der Waals surface area (Å²) in [6.07, 6.45) is 4.69. The third-order valence-electron chi connectivity index (χ3n) is 3.56. The van der Waals surface area contributed by atoms with Gasteiger partial charge in [0, 0.05) is 17.6 Å². The van der Waals surface area contributed by atoms with Crippen LogP contribution in [0.5, 0.6) is 0 Å². The number of aliphatic hydroxyl groups is 1. The molecule has 1 saturated heterocycles. The van der Waals surface area contributed by atoms with Gasteiger partial charge in [0.1, 0.15) is 0 Å². The molecule has 2 rings (SSSR count). The minimum Gasteiger partial charge on any atom is -0.395 e. The van der Waals surface area contributed by atoms with Gasteiger partial charge in [0.25, 0.3) is 0 Å². The fourth-order valence-electron chi connectivity index (χ4n) is 2.48. The van der Waals surface area contributed by atoms with Crippen LogP contribution in [-0.2, 0) is 6.42 Å². The fraction of sp³-hybridized carbons (Fsp3) is 0.571. The van der Waals surface area contributed by atoms with Gasteiger partial charge in [-0.1, -0.05) is 30.2 Å². The van der Waals surface area contributed by atoms with Crippen LogP contribution in [0.25, 0.3) is 0 Å². The normalized spacial score (nSPS) is 21.6. The Balaban J connectivity index is 1.86. The number of nitrogens with zero attached hydrogens (tertiary/aromatic N) is 1. The summed E-state index contributed by atoms with van der Waals surface area (Å²) >= 11 is 5.86. The molecule has 0 aliphatic carbocycles. The van der Waals surface area contributed by atoms with Crippen molar-refractivity contribution in [3.05, 3.63) is 34.9 Å². The lowest BCUT2D eigenvalue weighted by Gasteiger charge is -2.34. The fourth-order valence-corrected chi connectivity index (χ4v) is 2.61. The first-order valence-electron chi connectivity index (χ1n) is 6.39. The second-order valence-electron chi connectivity index (χ2n) is 4.74. The molecule has 17 heavy (non-hydrogen) atoms. The maximum absolute atomic E-state index is 9.34. The molecule has 0 saturated carbocycles. The van der Waals surface area contributed by atoms with Crippen LogP contribution >= 0.6 is 11.6 Å². The monoisotopic (exact) mass is 253 g/mol. The number of likely N-dealkylation sites (tertiary alicyclic amines) is 1. The van der Waals surface area contributed by atoms with Gasteiger partial charge >= 0.3 is 0 Å². The first kappa shape index (κ1) is 12.9. The predicted molar refractivity (Wildman–Crippen MR) is 71.5 cm³/mol. The Bertz CT molecular complexity index is 339. The van der Waals surface area contributed by atoms with Gasteiger partial charge in [-0.15, -0.1) is 0 Å². The summed E-state index contributed by atoms with van der Waals surface area (Å²) in [5.41, 5.74) is 1.32. The minimum atomic E-state index is 0.292. The summed E-state index contributed by atoms with van der Waals surface area (Å²) in [5.74, 6) is 0. The molecular weight excluding hydrogens is 234 g/mol. The minimum absolute atomic E-state index is 0.292. The van der Waals surface area contributed by atoms with Crippen LogP contribution in [0.1, 0.15) is 24.8 Å². The number of rotatable bonds is 4. The zero-order valence-electron chi connectivity index (χ0n) is 10.1. The maximum atomic E-state index is 9.34. The molecular formula is C14H20ClNO. The van der Waals surface area contributed by atoms with Crippen molar-refractivity contribution in [2.45, 2.75) is 31.7 Å². The molecule has 1 N–H and O–H groups in total. The lowest BCUT2D eigenvalue weighted by atomic mass is 10.0. The highest BCUT2D eigenvalue weighted by Gasteiger charge is 2.20. The largest absolute Gasteiger partial charge is 0.395 e. The predicted octanol–water partition coefficient (Wildman–Crippen LogP) is 2.73. The topological polar surface area (TPSA) is 23.5 Å². The average molecular weight is 254 g/mol. The highest BCUT2D eigenvalue weighted by Crippen LogP contribution is 2.17. The van der Waals surface area contributed by atoms with Gasteiger partial charge in [0.05, 0.1) is 6.61 Å². The Labute approximate surface area is 108 Å². The molecule has 1 aliphatic heterocycles. The molecule has 3 heteroatoms. The number of hydrogen-bond acceptors (Lipinski definition) is 2. The van der Waals surface area contributed by atoms with Crippen molar-refractivity contribution in [3.8, 4) is 0 Å². The van der Waals surface area contributed by atoms with Gasteiger partial charge < -0.3 is 5.11 Å². The second-order valence-corrected chi connectivity index (χ2v) is 5.18. The second kappa shape index (κ2) is 6.39. The van der Waals surface area contributed by atoms with Gasteiger partial charge in [0.15, 0.2) is 0 Å². The highest BCUT2D eigenvalue weighted by molar-refractivity contribution is 6.30. The molecule has 94 valence electrons. The van der Waals surface area contributed by atoms with E-state index >= 15 is 0 Å². The van der Waals surface area contributed by atoms with E-state index in [1.165, 1.54) is 18.4 Å². The van der Waals surface area contributed by atoms with E-state index in [9.17, 15) is 5.11 Å². The van der Waals surface area contributed by atoms with Crippen LogP contribution in [0.15, 0.2) is 24.3 Å². The van der Waals surface area contributed by atoms with Crippen molar-refractivity contribution in [2.24, 2.45) is 0 Å².